The van der Waals surface area contributed by atoms with Crippen LogP contribution in [-0.2, 0) is 23.9 Å². The summed E-state index contributed by atoms with van der Waals surface area (Å²) in [6.07, 6.45) is 0. The maximum atomic E-state index is 12.6. The topological polar surface area (TPSA) is 113 Å². The first-order valence-corrected chi connectivity index (χ1v) is 11.4. The first kappa shape index (κ1) is 24.7. The van der Waals surface area contributed by atoms with Crippen LogP contribution in [0.2, 0.25) is 0 Å². The number of carbonyl (C=O) groups excluding carboxylic acids is 2. The maximum Gasteiger partial charge on any atom is 0.362 e. The molecule has 1 aromatic heterocycles. The number of nitrogens with two attached hydrogens (primary N) is 1. The van der Waals surface area contributed by atoms with Crippen molar-refractivity contribution < 1.29 is 23.9 Å². The second kappa shape index (κ2) is 10.6. The number of carbonyl (C=O) groups is 2. The molecule has 0 amide bonds. The van der Waals surface area contributed by atoms with Crippen LogP contribution in [0.1, 0.15) is 40.3 Å². The van der Waals surface area contributed by atoms with Crippen molar-refractivity contribution in [1.29, 1.82) is 0 Å². The lowest BCUT2D eigenvalue weighted by Gasteiger charge is -2.26. The molecule has 0 aliphatic heterocycles. The van der Waals surface area contributed by atoms with E-state index >= 15 is 0 Å². The molecule has 1 aromatic carbocycles. The van der Waals surface area contributed by atoms with Crippen molar-refractivity contribution in [2.45, 2.75) is 50.7 Å². The van der Waals surface area contributed by atoms with E-state index in [0.717, 1.165) is 16.2 Å². The molecule has 8 nitrogen and oxygen atoms in total. The molecule has 168 valence electrons. The fourth-order valence-electron chi connectivity index (χ4n) is 2.06. The quantitative estimate of drug-likeness (QED) is 0.195. The Morgan fingerprint density at radius 3 is 2.42 bits per heavy atom. The van der Waals surface area contributed by atoms with E-state index in [0.29, 0.717) is 5.75 Å². The molecule has 0 fully saturated rings. The van der Waals surface area contributed by atoms with E-state index in [2.05, 4.69) is 10.1 Å². The highest BCUT2D eigenvalue weighted by molar-refractivity contribution is 7.99. The number of hydrogen-bond donors (Lipinski definition) is 1. The number of rotatable bonds is 9. The van der Waals surface area contributed by atoms with Crippen molar-refractivity contribution in [2.24, 2.45) is 5.16 Å². The summed E-state index contributed by atoms with van der Waals surface area (Å²) >= 11 is 2.71. The highest BCUT2D eigenvalue weighted by Gasteiger charge is 2.36. The van der Waals surface area contributed by atoms with Crippen LogP contribution in [0.25, 0.3) is 0 Å². The van der Waals surface area contributed by atoms with Gasteiger partial charge in [-0.2, -0.15) is 0 Å². The van der Waals surface area contributed by atoms with Crippen LogP contribution in [0.3, 0.4) is 0 Å². The molecule has 2 rings (SSSR count). The van der Waals surface area contributed by atoms with E-state index in [1.807, 2.05) is 30.3 Å². The zero-order chi connectivity index (χ0) is 23.1. The van der Waals surface area contributed by atoms with E-state index in [9.17, 15) is 9.59 Å². The second-order valence-corrected chi connectivity index (χ2v) is 9.97. The molecule has 0 saturated heterocycles. The van der Waals surface area contributed by atoms with Crippen molar-refractivity contribution in [2.75, 3.05) is 18.1 Å². The van der Waals surface area contributed by atoms with Crippen molar-refractivity contribution in [3.63, 3.8) is 0 Å². The third kappa shape index (κ3) is 8.22. The highest BCUT2D eigenvalue weighted by atomic mass is 32.2. The number of nitrogen functional groups attached to an aromatic ring is 1. The Bertz CT molecular complexity index is 921. The van der Waals surface area contributed by atoms with Gasteiger partial charge >= 0.3 is 11.9 Å². The minimum Gasteiger partial charge on any atom is -0.460 e. The maximum absolute atomic E-state index is 12.6. The molecule has 0 bridgehead atoms. The predicted molar refractivity (Wildman–Crippen MR) is 122 cm³/mol. The van der Waals surface area contributed by atoms with E-state index in [1.165, 1.54) is 13.8 Å². The monoisotopic (exact) mass is 465 g/mol. The third-order valence-electron chi connectivity index (χ3n) is 3.54. The van der Waals surface area contributed by atoms with Gasteiger partial charge in [-0.25, -0.2) is 14.6 Å². The minimum absolute atomic E-state index is 0.159. The Morgan fingerprint density at radius 2 is 1.84 bits per heavy atom. The number of ether oxygens (including phenoxy) is 2. The normalized spacial score (nSPS) is 12.4. The molecular formula is C21H27N3O5S2. The molecule has 0 unspecified atom stereocenters. The first-order chi connectivity index (χ1) is 14.5. The zero-order valence-corrected chi connectivity index (χ0v) is 19.8. The molecule has 0 aliphatic carbocycles. The Kier molecular flexibility index (Phi) is 8.46. The molecule has 0 aliphatic rings. The Hall–Kier alpha value is -2.59. The van der Waals surface area contributed by atoms with Crippen LogP contribution in [0.15, 0.2) is 45.8 Å². The molecule has 0 spiro atoms. The molecule has 2 aromatic rings. The largest absolute Gasteiger partial charge is 0.460 e. The van der Waals surface area contributed by atoms with Gasteiger partial charge in [-0.15, -0.1) is 23.1 Å². The molecule has 31 heavy (non-hydrogen) atoms. The molecule has 1 heterocycles. The summed E-state index contributed by atoms with van der Waals surface area (Å²) in [4.78, 5) is 35.6. The van der Waals surface area contributed by atoms with Crippen molar-refractivity contribution in [3.05, 3.63) is 41.4 Å². The summed E-state index contributed by atoms with van der Waals surface area (Å²) < 4.78 is 10.7. The van der Waals surface area contributed by atoms with Crippen LogP contribution in [-0.4, -0.2) is 46.2 Å². The van der Waals surface area contributed by atoms with E-state index in [4.69, 9.17) is 20.0 Å². The number of esters is 2. The Morgan fingerprint density at radius 1 is 1.16 bits per heavy atom. The Balaban J connectivity index is 2.06. The van der Waals surface area contributed by atoms with E-state index in [-0.39, 0.29) is 23.1 Å². The number of aromatic nitrogens is 1. The lowest BCUT2D eigenvalue weighted by molar-refractivity contribution is -0.179. The van der Waals surface area contributed by atoms with Crippen molar-refractivity contribution in [1.82, 2.24) is 4.98 Å². The summed E-state index contributed by atoms with van der Waals surface area (Å²) in [5, 5.41) is 5.72. The minimum atomic E-state index is -1.43. The fourth-order valence-corrected chi connectivity index (χ4v) is 3.36. The van der Waals surface area contributed by atoms with Gasteiger partial charge in [0.2, 0.25) is 11.3 Å². The van der Waals surface area contributed by atoms with Crippen LogP contribution in [0.5, 0.6) is 0 Å². The number of thiazole rings is 1. The fraction of sp³-hybridized carbons (Fsp3) is 0.429. The third-order valence-corrected chi connectivity index (χ3v) is 5.19. The average molecular weight is 466 g/mol. The summed E-state index contributed by atoms with van der Waals surface area (Å²) in [5.74, 6) is -0.778. The van der Waals surface area contributed by atoms with Gasteiger partial charge in [0.15, 0.2) is 5.13 Å². The predicted octanol–water partition coefficient (Wildman–Crippen LogP) is 3.90. The summed E-state index contributed by atoms with van der Waals surface area (Å²) in [7, 11) is 0. The van der Waals surface area contributed by atoms with Gasteiger partial charge < -0.3 is 20.0 Å². The van der Waals surface area contributed by atoms with Gasteiger partial charge in [0, 0.05) is 16.0 Å². The summed E-state index contributed by atoms with van der Waals surface area (Å²) in [5.41, 5.74) is 3.61. The van der Waals surface area contributed by atoms with Gasteiger partial charge in [-0.1, -0.05) is 23.4 Å². The molecule has 2 N–H and O–H groups in total. The average Bonchev–Trinajstić information content (AvgIpc) is 3.11. The standard InChI is InChI=1S/C21H27N3O5S2/c1-20(2,3)28-18(26)21(4,5)29-24-16(15-13-31-19(22)23-15)17(25)27-11-12-30-14-9-7-6-8-10-14/h6-10,13H,11-12H2,1-5H3,(H2,22,23)/b24-16-. The summed E-state index contributed by atoms with van der Waals surface area (Å²) in [6.45, 7) is 8.40. The molecular weight excluding hydrogens is 438 g/mol. The zero-order valence-electron chi connectivity index (χ0n) is 18.2. The summed E-state index contributed by atoms with van der Waals surface area (Å²) in [6, 6.07) is 9.77. The van der Waals surface area contributed by atoms with Crippen molar-refractivity contribution >= 4 is 45.9 Å². The molecule has 0 radical (unpaired) electrons. The van der Waals surface area contributed by atoms with Crippen LogP contribution in [0, 0.1) is 0 Å². The lowest BCUT2D eigenvalue weighted by atomic mass is 10.1. The number of benzene rings is 1. The van der Waals surface area contributed by atoms with Gasteiger partial charge in [0.1, 0.15) is 17.9 Å². The van der Waals surface area contributed by atoms with Crippen LogP contribution in [0.4, 0.5) is 5.13 Å². The lowest BCUT2D eigenvalue weighted by Crippen LogP contribution is -2.40. The van der Waals surface area contributed by atoms with Gasteiger partial charge in [0.25, 0.3) is 0 Å². The molecule has 0 atom stereocenters. The van der Waals surface area contributed by atoms with Gasteiger partial charge in [-0.05, 0) is 46.8 Å². The van der Waals surface area contributed by atoms with Crippen LogP contribution >= 0.6 is 23.1 Å². The smallest absolute Gasteiger partial charge is 0.362 e. The van der Waals surface area contributed by atoms with Crippen LogP contribution < -0.4 is 5.73 Å². The number of nitrogens with zero attached hydrogens (tertiary/aromatic N) is 2. The van der Waals surface area contributed by atoms with Crippen molar-refractivity contribution in [3.8, 4) is 0 Å². The van der Waals surface area contributed by atoms with Gasteiger partial charge in [0.05, 0.1) is 0 Å². The van der Waals surface area contributed by atoms with Gasteiger partial charge in [-0.3, -0.25) is 0 Å². The number of oxime groups is 1. The Labute approximate surface area is 190 Å². The first-order valence-electron chi connectivity index (χ1n) is 9.54. The number of anilines is 1. The SMILES string of the molecule is CC(C)(C)OC(=O)C(C)(C)O/N=C(\C(=O)OCCSc1ccccc1)c1csc(N)n1. The number of thioether (sulfide) groups is 1. The van der Waals surface area contributed by atoms with E-state index in [1.54, 1.807) is 37.9 Å². The number of hydrogen-bond acceptors (Lipinski definition) is 10. The highest BCUT2D eigenvalue weighted by Crippen LogP contribution is 2.20. The molecule has 0 saturated carbocycles. The van der Waals surface area contributed by atoms with E-state index < -0.39 is 23.1 Å². The second-order valence-electron chi connectivity index (χ2n) is 7.91. The molecule has 10 heteroatoms.